The van der Waals surface area contributed by atoms with E-state index in [4.69, 9.17) is 5.26 Å². The Bertz CT molecular complexity index is 157. The fourth-order valence-electron chi connectivity index (χ4n) is 1.10. The van der Waals surface area contributed by atoms with Gasteiger partial charge in [-0.2, -0.15) is 5.26 Å². The van der Waals surface area contributed by atoms with E-state index in [2.05, 4.69) is 0 Å². The van der Waals surface area contributed by atoms with E-state index in [9.17, 15) is 8.22 Å². The molecule has 0 aromatic rings. The molecule has 0 aliphatic heterocycles. The van der Waals surface area contributed by atoms with E-state index in [0.717, 1.165) is 6.55 Å². The molecule has 1 atom stereocenters. The van der Waals surface area contributed by atoms with Crippen molar-refractivity contribution in [2.75, 3.05) is 0 Å². The van der Waals surface area contributed by atoms with Gasteiger partial charge in [-0.25, -0.2) is 0 Å². The molecule has 0 fully saturated rings. The summed E-state index contributed by atoms with van der Waals surface area (Å²) in [5, 5.41) is 8.29. The molecule has 0 bridgehead atoms. The van der Waals surface area contributed by atoms with Crippen LogP contribution >= 0.6 is 0 Å². The van der Waals surface area contributed by atoms with Crippen molar-refractivity contribution in [1.82, 2.24) is 0 Å². The van der Waals surface area contributed by atoms with Gasteiger partial charge in [0.15, 0.2) is 0 Å². The van der Waals surface area contributed by atoms with Crippen LogP contribution in [0.25, 0.3) is 0 Å². The molecule has 0 aromatic heterocycles. The van der Waals surface area contributed by atoms with Gasteiger partial charge in [0.2, 0.25) is 0 Å². The summed E-state index contributed by atoms with van der Waals surface area (Å²) in [6.07, 6.45) is -0.00656. The Balaban J connectivity index is 4.25. The van der Waals surface area contributed by atoms with E-state index in [1.54, 1.807) is 13.8 Å². The summed E-state index contributed by atoms with van der Waals surface area (Å²) >= 11 is 0. The first-order valence-corrected chi connectivity index (χ1v) is 5.97. The highest BCUT2D eigenvalue weighted by molar-refractivity contribution is 6.66. The monoisotopic (exact) mass is 177 g/mol. The molecule has 0 amide bonds. The molecule has 0 radical (unpaired) electrons. The third-order valence-electron chi connectivity index (χ3n) is 1.77. The lowest BCUT2D eigenvalue weighted by molar-refractivity contribution is 0.478. The largest absolute Gasteiger partial charge is 0.426 e. The molecule has 0 spiro atoms. The lowest BCUT2D eigenvalue weighted by Crippen LogP contribution is -2.28. The summed E-state index contributed by atoms with van der Waals surface area (Å²) in [6.45, 7) is 4.49. The van der Waals surface area contributed by atoms with Crippen molar-refractivity contribution in [1.29, 1.82) is 5.26 Å². The number of nitriles is 1. The first-order chi connectivity index (χ1) is 4.89. The van der Waals surface area contributed by atoms with Gasteiger partial charge in [0.25, 0.3) is 0 Å². The highest BCUT2D eigenvalue weighted by Gasteiger charge is 2.40. The Morgan fingerprint density at radius 1 is 1.45 bits per heavy atom. The first kappa shape index (κ1) is 10.6. The Morgan fingerprint density at radius 2 is 1.91 bits per heavy atom. The third-order valence-corrected chi connectivity index (χ3v) is 3.94. The van der Waals surface area contributed by atoms with Crippen LogP contribution in [-0.2, 0) is 0 Å². The van der Waals surface area contributed by atoms with E-state index >= 15 is 0 Å². The molecule has 4 heteroatoms. The van der Waals surface area contributed by atoms with Crippen LogP contribution in [0.5, 0.6) is 0 Å². The number of halogens is 2. The standard InChI is InChI=1S/C7H13F2NSi/c1-6(2)7(4-5-10)11(3,8)9/h6-7H,4H2,1-3H3. The van der Waals surface area contributed by atoms with Crippen LogP contribution < -0.4 is 0 Å². The smallest absolute Gasteiger partial charge is 0.270 e. The average molecular weight is 177 g/mol. The average Bonchev–Trinajstić information content (AvgIpc) is 1.79. The predicted octanol–water partition coefficient (Wildman–Crippen LogP) is 2.94. The van der Waals surface area contributed by atoms with Crippen LogP contribution in [-0.4, -0.2) is 8.74 Å². The summed E-state index contributed by atoms with van der Waals surface area (Å²) < 4.78 is 25.6. The second-order valence-corrected chi connectivity index (χ2v) is 5.82. The highest BCUT2D eigenvalue weighted by Crippen LogP contribution is 2.34. The summed E-state index contributed by atoms with van der Waals surface area (Å²) in [5.41, 5.74) is -0.674. The van der Waals surface area contributed by atoms with Crippen LogP contribution in [0.3, 0.4) is 0 Å². The minimum atomic E-state index is -4.09. The van der Waals surface area contributed by atoms with Crippen molar-refractivity contribution in [2.45, 2.75) is 32.4 Å². The lowest BCUT2D eigenvalue weighted by Gasteiger charge is -2.21. The second-order valence-electron chi connectivity index (χ2n) is 3.17. The lowest BCUT2D eigenvalue weighted by atomic mass is 10.1. The van der Waals surface area contributed by atoms with Gasteiger partial charge >= 0.3 is 8.74 Å². The number of nitrogens with zero attached hydrogens (tertiary/aromatic N) is 1. The van der Waals surface area contributed by atoms with Gasteiger partial charge in [-0.05, 0) is 12.5 Å². The van der Waals surface area contributed by atoms with Gasteiger partial charge in [-0.3, -0.25) is 8.22 Å². The quantitative estimate of drug-likeness (QED) is 0.480. The summed E-state index contributed by atoms with van der Waals surface area (Å²) in [5.74, 6) is -0.0821. The summed E-state index contributed by atoms with van der Waals surface area (Å²) in [7, 11) is -4.09. The summed E-state index contributed by atoms with van der Waals surface area (Å²) in [4.78, 5) is 0. The van der Waals surface area contributed by atoms with Crippen LogP contribution in [0.2, 0.25) is 12.1 Å². The van der Waals surface area contributed by atoms with E-state index in [0.29, 0.717) is 0 Å². The highest BCUT2D eigenvalue weighted by atomic mass is 28.4. The summed E-state index contributed by atoms with van der Waals surface area (Å²) in [6, 6.07) is 1.81. The van der Waals surface area contributed by atoms with Crippen molar-refractivity contribution in [3.8, 4) is 6.07 Å². The molecular weight excluding hydrogens is 164 g/mol. The zero-order valence-electron chi connectivity index (χ0n) is 7.06. The molecular formula is C7H13F2NSi. The normalized spacial score (nSPS) is 14.6. The van der Waals surface area contributed by atoms with Crippen LogP contribution in [0.15, 0.2) is 0 Å². The minimum absolute atomic E-state index is 0.00656. The Hall–Kier alpha value is -0.433. The third kappa shape index (κ3) is 3.47. The zero-order chi connectivity index (χ0) is 9.07. The van der Waals surface area contributed by atoms with Gasteiger partial charge in [0.05, 0.1) is 6.07 Å². The van der Waals surface area contributed by atoms with Gasteiger partial charge in [0, 0.05) is 12.0 Å². The predicted molar refractivity (Wildman–Crippen MR) is 42.7 cm³/mol. The molecule has 0 saturated carbocycles. The SMILES string of the molecule is CC(C)C(CC#N)[Si](C)(F)F. The topological polar surface area (TPSA) is 23.8 Å². The van der Waals surface area contributed by atoms with Crippen LogP contribution in [0.1, 0.15) is 20.3 Å². The zero-order valence-corrected chi connectivity index (χ0v) is 8.06. The molecule has 0 N–H and O–H groups in total. The molecule has 0 saturated heterocycles. The number of hydrogen-bond donors (Lipinski definition) is 0. The van der Waals surface area contributed by atoms with Gasteiger partial charge in [-0.15, -0.1) is 0 Å². The van der Waals surface area contributed by atoms with Crippen molar-refractivity contribution in [3.05, 3.63) is 0 Å². The van der Waals surface area contributed by atoms with E-state index in [1.807, 2.05) is 6.07 Å². The van der Waals surface area contributed by atoms with Crippen molar-refractivity contribution >= 4 is 8.74 Å². The molecule has 0 rings (SSSR count). The second kappa shape index (κ2) is 3.81. The number of hydrogen-bond acceptors (Lipinski definition) is 1. The van der Waals surface area contributed by atoms with Gasteiger partial charge in [-0.1, -0.05) is 13.8 Å². The molecule has 0 aliphatic rings. The van der Waals surface area contributed by atoms with Crippen molar-refractivity contribution in [3.63, 3.8) is 0 Å². The fraction of sp³-hybridized carbons (Fsp3) is 0.857. The maximum absolute atomic E-state index is 12.8. The van der Waals surface area contributed by atoms with E-state index in [-0.39, 0.29) is 12.3 Å². The maximum atomic E-state index is 12.8. The van der Waals surface area contributed by atoms with Crippen LogP contribution in [0.4, 0.5) is 8.22 Å². The van der Waals surface area contributed by atoms with Crippen molar-refractivity contribution < 1.29 is 8.22 Å². The molecule has 1 unspecified atom stereocenters. The van der Waals surface area contributed by atoms with Gasteiger partial charge in [0.1, 0.15) is 0 Å². The maximum Gasteiger partial charge on any atom is 0.426 e. The molecule has 0 aliphatic carbocycles. The molecule has 0 aromatic carbocycles. The fourth-order valence-corrected chi connectivity index (χ4v) is 2.72. The van der Waals surface area contributed by atoms with Crippen LogP contribution in [0, 0.1) is 17.2 Å². The molecule has 1 nitrogen and oxygen atoms in total. The minimum Gasteiger partial charge on any atom is -0.270 e. The Labute approximate surface area is 67.4 Å². The molecule has 11 heavy (non-hydrogen) atoms. The first-order valence-electron chi connectivity index (χ1n) is 3.64. The van der Waals surface area contributed by atoms with E-state index in [1.165, 1.54) is 0 Å². The Kier molecular flexibility index (Phi) is 3.66. The Morgan fingerprint density at radius 3 is 2.00 bits per heavy atom. The molecule has 0 heterocycles. The van der Waals surface area contributed by atoms with E-state index < -0.39 is 14.3 Å². The number of rotatable bonds is 3. The molecule has 64 valence electrons. The van der Waals surface area contributed by atoms with Gasteiger partial charge < -0.3 is 0 Å². The van der Waals surface area contributed by atoms with Crippen molar-refractivity contribution in [2.24, 2.45) is 5.92 Å².